The third-order valence-electron chi connectivity index (χ3n) is 5.01. The van der Waals surface area contributed by atoms with E-state index in [2.05, 4.69) is 24.9 Å². The highest BCUT2D eigenvalue weighted by molar-refractivity contribution is 6.01. The minimum absolute atomic E-state index is 0.00632. The molecular formula is C21H24N2O2. The van der Waals surface area contributed by atoms with Gasteiger partial charge >= 0.3 is 0 Å². The van der Waals surface area contributed by atoms with Crippen molar-refractivity contribution in [1.29, 1.82) is 0 Å². The predicted octanol–water partition coefficient (Wildman–Crippen LogP) is 3.72. The Hall–Kier alpha value is -2.62. The third-order valence-corrected chi connectivity index (χ3v) is 5.01. The van der Waals surface area contributed by atoms with E-state index >= 15 is 0 Å². The summed E-state index contributed by atoms with van der Waals surface area (Å²) in [6.07, 6.45) is 10.2. The SMILES string of the molecule is C=C/C=C\C=C(/C)C1CCN(C(=O)c2ccc3c(c2)CC(=O)N3)CC1. The van der Waals surface area contributed by atoms with Crippen molar-refractivity contribution in [1.82, 2.24) is 4.90 Å². The van der Waals surface area contributed by atoms with Crippen molar-refractivity contribution in [3.05, 3.63) is 65.8 Å². The number of piperidine rings is 1. The standard InChI is InChI=1S/C21H24N2O2/c1-3-4-5-6-15(2)16-9-11-23(12-10-16)21(25)17-7-8-19-18(13-17)14-20(24)22-19/h3-8,13,16H,1,9-12,14H2,2H3,(H,22,24)/b5-4-,15-6+. The van der Waals surface area contributed by atoms with Crippen molar-refractivity contribution in [3.63, 3.8) is 0 Å². The molecule has 1 fully saturated rings. The monoisotopic (exact) mass is 336 g/mol. The molecular weight excluding hydrogens is 312 g/mol. The van der Waals surface area contributed by atoms with Gasteiger partial charge in [0.05, 0.1) is 6.42 Å². The number of nitrogens with zero attached hydrogens (tertiary/aromatic N) is 1. The van der Waals surface area contributed by atoms with Crippen LogP contribution in [-0.2, 0) is 11.2 Å². The lowest BCUT2D eigenvalue weighted by atomic mass is 9.89. The number of hydrogen-bond acceptors (Lipinski definition) is 2. The van der Waals surface area contributed by atoms with Crippen molar-refractivity contribution < 1.29 is 9.59 Å². The van der Waals surface area contributed by atoms with E-state index in [4.69, 9.17) is 0 Å². The first-order valence-corrected chi connectivity index (χ1v) is 8.76. The molecule has 0 spiro atoms. The van der Waals surface area contributed by atoms with Gasteiger partial charge < -0.3 is 10.2 Å². The van der Waals surface area contributed by atoms with Gasteiger partial charge in [-0.05, 0) is 49.4 Å². The second kappa shape index (κ2) is 7.51. The molecule has 0 aromatic heterocycles. The number of benzene rings is 1. The van der Waals surface area contributed by atoms with Crippen LogP contribution in [0.5, 0.6) is 0 Å². The normalized spacial score (nSPS) is 18.4. The fourth-order valence-electron chi connectivity index (χ4n) is 3.50. The number of nitrogens with one attached hydrogen (secondary N) is 1. The number of carbonyl (C=O) groups excluding carboxylic acids is 2. The van der Waals surface area contributed by atoms with Gasteiger partial charge in [0.25, 0.3) is 5.91 Å². The summed E-state index contributed by atoms with van der Waals surface area (Å²) in [4.78, 5) is 26.1. The maximum Gasteiger partial charge on any atom is 0.253 e. The number of hydrogen-bond donors (Lipinski definition) is 1. The number of carbonyl (C=O) groups is 2. The summed E-state index contributed by atoms with van der Waals surface area (Å²) >= 11 is 0. The van der Waals surface area contributed by atoms with Crippen LogP contribution in [-0.4, -0.2) is 29.8 Å². The fraction of sp³-hybridized carbons (Fsp3) is 0.333. The average molecular weight is 336 g/mol. The molecule has 25 heavy (non-hydrogen) atoms. The molecule has 0 atom stereocenters. The molecule has 0 radical (unpaired) electrons. The maximum absolute atomic E-state index is 12.8. The van der Waals surface area contributed by atoms with Crippen molar-refractivity contribution in [2.24, 2.45) is 5.92 Å². The van der Waals surface area contributed by atoms with Gasteiger partial charge in [-0.2, -0.15) is 0 Å². The number of allylic oxidation sites excluding steroid dienone is 5. The van der Waals surface area contributed by atoms with Gasteiger partial charge in [0.1, 0.15) is 0 Å². The summed E-state index contributed by atoms with van der Waals surface area (Å²) in [5.41, 5.74) is 3.77. The van der Waals surface area contributed by atoms with E-state index < -0.39 is 0 Å². The summed E-state index contributed by atoms with van der Waals surface area (Å²) in [6, 6.07) is 5.50. The first-order chi connectivity index (χ1) is 12.1. The quantitative estimate of drug-likeness (QED) is 0.852. The molecule has 4 nitrogen and oxygen atoms in total. The van der Waals surface area contributed by atoms with Crippen molar-refractivity contribution >= 4 is 17.5 Å². The number of amides is 2. The van der Waals surface area contributed by atoms with Crippen LogP contribution in [0.2, 0.25) is 0 Å². The predicted molar refractivity (Wildman–Crippen MR) is 100 cm³/mol. The van der Waals surface area contributed by atoms with Gasteiger partial charge in [-0.3, -0.25) is 9.59 Å². The van der Waals surface area contributed by atoms with Crippen LogP contribution in [0.25, 0.3) is 0 Å². The zero-order valence-electron chi connectivity index (χ0n) is 14.6. The van der Waals surface area contributed by atoms with Gasteiger partial charge in [-0.15, -0.1) is 0 Å². The smallest absolute Gasteiger partial charge is 0.253 e. The molecule has 2 heterocycles. The van der Waals surface area contributed by atoms with Crippen molar-refractivity contribution in [3.8, 4) is 0 Å². The number of rotatable bonds is 4. The Morgan fingerprint density at radius 3 is 2.76 bits per heavy atom. The molecule has 1 saturated heterocycles. The number of likely N-dealkylation sites (tertiary alicyclic amines) is 1. The molecule has 2 aliphatic rings. The van der Waals surface area contributed by atoms with Crippen LogP contribution < -0.4 is 5.32 Å². The first kappa shape index (κ1) is 17.2. The van der Waals surface area contributed by atoms with Crippen molar-refractivity contribution in [2.75, 3.05) is 18.4 Å². The highest BCUT2D eigenvalue weighted by Crippen LogP contribution is 2.27. The molecule has 2 aliphatic heterocycles. The summed E-state index contributed by atoms with van der Waals surface area (Å²) < 4.78 is 0. The summed E-state index contributed by atoms with van der Waals surface area (Å²) in [5, 5.41) is 2.80. The van der Waals surface area contributed by atoms with Gasteiger partial charge in [0.15, 0.2) is 0 Å². The van der Waals surface area contributed by atoms with E-state index in [1.807, 2.05) is 35.3 Å². The highest BCUT2D eigenvalue weighted by Gasteiger charge is 2.26. The summed E-state index contributed by atoms with van der Waals surface area (Å²) in [6.45, 7) is 7.37. The zero-order chi connectivity index (χ0) is 17.8. The van der Waals surface area contributed by atoms with E-state index in [-0.39, 0.29) is 11.8 Å². The first-order valence-electron chi connectivity index (χ1n) is 8.76. The topological polar surface area (TPSA) is 49.4 Å². The second-order valence-electron chi connectivity index (χ2n) is 6.69. The molecule has 1 aromatic rings. The minimum Gasteiger partial charge on any atom is -0.339 e. The fourth-order valence-corrected chi connectivity index (χ4v) is 3.50. The Bertz CT molecular complexity index is 753. The van der Waals surface area contributed by atoms with E-state index in [0.29, 0.717) is 17.9 Å². The van der Waals surface area contributed by atoms with Gasteiger partial charge in [0, 0.05) is 24.3 Å². The minimum atomic E-state index is -0.00632. The number of anilines is 1. The Morgan fingerprint density at radius 2 is 2.04 bits per heavy atom. The largest absolute Gasteiger partial charge is 0.339 e. The highest BCUT2D eigenvalue weighted by atomic mass is 16.2. The van der Waals surface area contributed by atoms with E-state index in [0.717, 1.165) is 37.2 Å². The maximum atomic E-state index is 12.8. The molecule has 0 unspecified atom stereocenters. The summed E-state index contributed by atoms with van der Waals surface area (Å²) in [5.74, 6) is 0.585. The van der Waals surface area contributed by atoms with Crippen LogP contribution in [0.1, 0.15) is 35.7 Å². The lowest BCUT2D eigenvalue weighted by Gasteiger charge is -2.32. The van der Waals surface area contributed by atoms with Crippen molar-refractivity contribution in [2.45, 2.75) is 26.2 Å². The second-order valence-corrected chi connectivity index (χ2v) is 6.69. The molecule has 0 bridgehead atoms. The molecule has 130 valence electrons. The lowest BCUT2D eigenvalue weighted by molar-refractivity contribution is -0.115. The van der Waals surface area contributed by atoms with Gasteiger partial charge in [-0.1, -0.05) is 36.5 Å². The summed E-state index contributed by atoms with van der Waals surface area (Å²) in [7, 11) is 0. The lowest BCUT2D eigenvalue weighted by Crippen LogP contribution is -2.38. The van der Waals surface area contributed by atoms with Crippen LogP contribution in [0.3, 0.4) is 0 Å². The van der Waals surface area contributed by atoms with Crippen LogP contribution >= 0.6 is 0 Å². The Balaban J connectivity index is 1.61. The van der Waals surface area contributed by atoms with E-state index in [1.54, 1.807) is 6.08 Å². The van der Waals surface area contributed by atoms with Gasteiger partial charge in [-0.25, -0.2) is 0 Å². The average Bonchev–Trinajstić information content (AvgIpc) is 3.00. The van der Waals surface area contributed by atoms with Crippen LogP contribution in [0.15, 0.2) is 54.7 Å². The Morgan fingerprint density at radius 1 is 1.28 bits per heavy atom. The van der Waals surface area contributed by atoms with Crippen LogP contribution in [0, 0.1) is 5.92 Å². The molecule has 2 amide bonds. The Kier molecular flexibility index (Phi) is 5.17. The molecule has 0 saturated carbocycles. The molecule has 3 rings (SSSR count). The molecule has 0 aliphatic carbocycles. The zero-order valence-corrected chi connectivity index (χ0v) is 14.6. The molecule has 1 aromatic carbocycles. The van der Waals surface area contributed by atoms with Gasteiger partial charge in [0.2, 0.25) is 5.91 Å². The molecule has 4 heteroatoms. The van der Waals surface area contributed by atoms with Crippen LogP contribution in [0.4, 0.5) is 5.69 Å². The van der Waals surface area contributed by atoms with E-state index in [1.165, 1.54) is 5.57 Å². The molecule has 1 N–H and O–H groups in total. The number of fused-ring (bicyclic) bond motifs is 1. The Labute approximate surface area is 148 Å². The third kappa shape index (κ3) is 3.90. The van der Waals surface area contributed by atoms with E-state index in [9.17, 15) is 9.59 Å².